The lowest BCUT2D eigenvalue weighted by atomic mass is 10.3. The molecule has 0 atom stereocenters. The van der Waals surface area contributed by atoms with E-state index in [0.717, 1.165) is 13.6 Å². The largest absolute Gasteiger partial charge is 0.439 e. The second kappa shape index (κ2) is 4.32. The number of thiophene rings is 1. The summed E-state index contributed by atoms with van der Waals surface area (Å²) in [5, 5.41) is 0. The lowest BCUT2D eigenvalue weighted by Gasteiger charge is -2.08. The third-order valence-electron chi connectivity index (χ3n) is 2.05. The summed E-state index contributed by atoms with van der Waals surface area (Å²) in [6, 6.07) is 3.92. The molecule has 4 nitrogen and oxygen atoms in total. The molecule has 0 radical (unpaired) electrons. The highest BCUT2D eigenvalue weighted by Crippen LogP contribution is 2.22. The van der Waals surface area contributed by atoms with Gasteiger partial charge in [-0.15, -0.1) is 11.3 Å². The van der Waals surface area contributed by atoms with Gasteiger partial charge in [-0.2, -0.15) is 0 Å². The maximum atomic E-state index is 11.2. The maximum Gasteiger partial charge on any atom is 0.417 e. The molecule has 0 N–H and O–H groups in total. The van der Waals surface area contributed by atoms with E-state index in [0.29, 0.717) is 13.0 Å². The number of ether oxygens (including phenoxy) is 1. The molecule has 0 aromatic carbocycles. The van der Waals surface area contributed by atoms with Gasteiger partial charge in [-0.25, -0.2) is 9.69 Å². The lowest BCUT2D eigenvalue weighted by molar-refractivity contribution is -0.125. The van der Waals surface area contributed by atoms with Crippen molar-refractivity contribution in [3.05, 3.63) is 20.8 Å². The first-order valence-corrected chi connectivity index (χ1v) is 5.99. The Kier molecular flexibility index (Phi) is 3.06. The topological polar surface area (TPSA) is 46.6 Å². The van der Waals surface area contributed by atoms with Crippen molar-refractivity contribution in [2.75, 3.05) is 13.2 Å². The molecule has 2 heterocycles. The van der Waals surface area contributed by atoms with Crippen LogP contribution in [0.1, 0.15) is 4.88 Å². The summed E-state index contributed by atoms with van der Waals surface area (Å²) < 4.78 is 5.65. The molecule has 0 saturated carbocycles. The average molecular weight is 290 g/mol. The highest BCUT2D eigenvalue weighted by molar-refractivity contribution is 9.11. The quantitative estimate of drug-likeness (QED) is 0.855. The minimum Gasteiger partial charge on any atom is -0.439 e. The molecule has 2 amide bonds. The second-order valence-corrected chi connectivity index (χ2v) is 5.60. The van der Waals surface area contributed by atoms with Gasteiger partial charge in [0.15, 0.2) is 6.61 Å². The predicted octanol–water partition coefficient (Wildman–Crippen LogP) is 2.03. The minimum absolute atomic E-state index is 0.118. The van der Waals surface area contributed by atoms with E-state index in [-0.39, 0.29) is 12.5 Å². The van der Waals surface area contributed by atoms with Crippen molar-refractivity contribution < 1.29 is 14.3 Å². The fourth-order valence-corrected chi connectivity index (χ4v) is 2.78. The normalized spacial score (nSPS) is 15.9. The van der Waals surface area contributed by atoms with Gasteiger partial charge in [-0.1, -0.05) is 0 Å². The highest BCUT2D eigenvalue weighted by atomic mass is 79.9. The molecule has 1 aromatic heterocycles. The molecule has 1 aromatic rings. The Balaban J connectivity index is 1.93. The van der Waals surface area contributed by atoms with Crippen molar-refractivity contribution in [3.63, 3.8) is 0 Å². The second-order valence-electron chi connectivity index (χ2n) is 3.06. The predicted molar refractivity (Wildman–Crippen MR) is 58.8 cm³/mol. The summed E-state index contributed by atoms with van der Waals surface area (Å²) in [7, 11) is 0. The van der Waals surface area contributed by atoms with Gasteiger partial charge in [0, 0.05) is 17.8 Å². The molecular weight excluding hydrogens is 282 g/mol. The van der Waals surface area contributed by atoms with E-state index in [1.54, 1.807) is 11.3 Å². The van der Waals surface area contributed by atoms with E-state index in [2.05, 4.69) is 20.7 Å². The number of carbonyl (C=O) groups is 2. The molecule has 0 spiro atoms. The van der Waals surface area contributed by atoms with Crippen LogP contribution in [0.2, 0.25) is 0 Å². The lowest BCUT2D eigenvalue weighted by Crippen LogP contribution is -2.30. The summed E-state index contributed by atoms with van der Waals surface area (Å²) in [6.07, 6.45) is 0.146. The number of hydrogen-bond acceptors (Lipinski definition) is 4. The number of halogens is 1. The Labute approximate surface area is 99.0 Å². The van der Waals surface area contributed by atoms with Crippen LogP contribution in [0, 0.1) is 0 Å². The van der Waals surface area contributed by atoms with Crippen molar-refractivity contribution in [1.82, 2.24) is 4.90 Å². The van der Waals surface area contributed by atoms with Gasteiger partial charge in [0.05, 0.1) is 3.79 Å². The van der Waals surface area contributed by atoms with Gasteiger partial charge < -0.3 is 4.74 Å². The summed E-state index contributed by atoms with van der Waals surface area (Å²) in [5.41, 5.74) is 0. The van der Waals surface area contributed by atoms with Crippen LogP contribution in [0.3, 0.4) is 0 Å². The summed E-state index contributed by atoms with van der Waals surface area (Å²) in [5.74, 6) is -0.254. The van der Waals surface area contributed by atoms with Crippen LogP contribution in [-0.2, 0) is 16.0 Å². The van der Waals surface area contributed by atoms with E-state index in [9.17, 15) is 9.59 Å². The summed E-state index contributed by atoms with van der Waals surface area (Å²) >= 11 is 4.96. The number of nitrogens with zero attached hydrogens (tertiary/aromatic N) is 1. The van der Waals surface area contributed by atoms with Gasteiger partial charge in [0.1, 0.15) is 0 Å². The van der Waals surface area contributed by atoms with E-state index < -0.39 is 6.09 Å². The number of amides is 2. The zero-order valence-corrected chi connectivity index (χ0v) is 10.1. The molecule has 1 fully saturated rings. The van der Waals surface area contributed by atoms with Crippen molar-refractivity contribution in [1.29, 1.82) is 0 Å². The molecule has 6 heteroatoms. The zero-order chi connectivity index (χ0) is 10.8. The third kappa shape index (κ3) is 2.38. The molecule has 80 valence electrons. The van der Waals surface area contributed by atoms with Crippen LogP contribution in [0.4, 0.5) is 4.79 Å². The monoisotopic (exact) mass is 289 g/mol. The van der Waals surface area contributed by atoms with Crippen molar-refractivity contribution in [3.8, 4) is 0 Å². The zero-order valence-electron chi connectivity index (χ0n) is 7.73. The Morgan fingerprint density at radius 1 is 1.47 bits per heavy atom. The van der Waals surface area contributed by atoms with E-state index in [1.165, 1.54) is 0 Å². The molecule has 1 aliphatic rings. The first kappa shape index (κ1) is 10.6. The standard InChI is InChI=1S/C9H8BrNO3S/c10-7-2-1-6(15-7)3-4-11-8(12)5-14-9(11)13/h1-2H,3-5H2. The SMILES string of the molecule is O=C1COC(=O)N1CCc1ccc(Br)s1. The molecular formula is C9H8BrNO3S. The third-order valence-corrected chi connectivity index (χ3v) is 3.73. The van der Waals surface area contributed by atoms with Crippen LogP contribution in [-0.4, -0.2) is 30.1 Å². The molecule has 1 saturated heterocycles. The first-order valence-electron chi connectivity index (χ1n) is 4.38. The molecule has 15 heavy (non-hydrogen) atoms. The van der Waals surface area contributed by atoms with Crippen molar-refractivity contribution in [2.45, 2.75) is 6.42 Å². The Morgan fingerprint density at radius 2 is 2.27 bits per heavy atom. The Hall–Kier alpha value is -0.880. The van der Waals surface area contributed by atoms with Crippen LogP contribution >= 0.6 is 27.3 Å². The summed E-state index contributed by atoms with van der Waals surface area (Å²) in [4.78, 5) is 24.6. The number of rotatable bonds is 3. The van der Waals surface area contributed by atoms with E-state index in [4.69, 9.17) is 0 Å². The first-order chi connectivity index (χ1) is 7.16. The molecule has 1 aliphatic heterocycles. The summed E-state index contributed by atoms with van der Waals surface area (Å²) in [6.45, 7) is 0.275. The van der Waals surface area contributed by atoms with E-state index in [1.807, 2.05) is 12.1 Å². The number of hydrogen-bond donors (Lipinski definition) is 0. The Bertz CT molecular complexity index is 388. The molecule has 0 aliphatic carbocycles. The van der Waals surface area contributed by atoms with Crippen LogP contribution in [0.15, 0.2) is 15.9 Å². The fraction of sp³-hybridized carbons (Fsp3) is 0.333. The number of cyclic esters (lactones) is 1. The Morgan fingerprint density at radius 3 is 2.80 bits per heavy atom. The number of carbonyl (C=O) groups excluding carboxylic acids is 2. The maximum absolute atomic E-state index is 11.2. The minimum atomic E-state index is -0.532. The van der Waals surface area contributed by atoms with Gasteiger partial charge in [-0.3, -0.25) is 4.79 Å². The molecule has 0 bridgehead atoms. The molecule has 0 unspecified atom stereocenters. The van der Waals surface area contributed by atoms with E-state index >= 15 is 0 Å². The van der Waals surface area contributed by atoms with Crippen LogP contribution in [0.25, 0.3) is 0 Å². The van der Waals surface area contributed by atoms with Gasteiger partial charge in [-0.05, 0) is 28.1 Å². The molecule has 2 rings (SSSR count). The fourth-order valence-electron chi connectivity index (χ4n) is 1.31. The van der Waals surface area contributed by atoms with Crippen molar-refractivity contribution >= 4 is 39.3 Å². The number of imide groups is 1. The van der Waals surface area contributed by atoms with Crippen molar-refractivity contribution in [2.24, 2.45) is 0 Å². The highest BCUT2D eigenvalue weighted by Gasteiger charge is 2.30. The van der Waals surface area contributed by atoms with Crippen LogP contribution < -0.4 is 0 Å². The van der Waals surface area contributed by atoms with Gasteiger partial charge >= 0.3 is 6.09 Å². The van der Waals surface area contributed by atoms with Gasteiger partial charge in [0.25, 0.3) is 5.91 Å². The smallest absolute Gasteiger partial charge is 0.417 e. The average Bonchev–Trinajstić information content (AvgIpc) is 2.73. The van der Waals surface area contributed by atoms with Gasteiger partial charge in [0.2, 0.25) is 0 Å². The van der Waals surface area contributed by atoms with Crippen LogP contribution in [0.5, 0.6) is 0 Å².